The zero-order chi connectivity index (χ0) is 21.0. The van der Waals surface area contributed by atoms with Crippen molar-refractivity contribution in [3.63, 3.8) is 0 Å². The van der Waals surface area contributed by atoms with Crippen molar-refractivity contribution < 1.29 is 18.7 Å². The van der Waals surface area contributed by atoms with E-state index in [0.717, 1.165) is 4.68 Å². The summed E-state index contributed by atoms with van der Waals surface area (Å²) in [5.74, 6) is -0.407. The molecule has 1 atom stereocenters. The molecule has 0 fully saturated rings. The lowest BCUT2D eigenvalue weighted by molar-refractivity contribution is -0.122. The highest BCUT2D eigenvalue weighted by atomic mass is 35.5. The molecule has 9 heteroatoms. The zero-order valence-corrected chi connectivity index (χ0v) is 16.3. The first kappa shape index (κ1) is 20.3. The maximum atomic E-state index is 13.1. The number of hydrogen-bond donors (Lipinski definition) is 1. The average Bonchev–Trinajstić information content (AvgIpc) is 2.70. The number of anilines is 1. The van der Waals surface area contributed by atoms with Crippen LogP contribution in [0.3, 0.4) is 0 Å². The Kier molecular flexibility index (Phi) is 6.13. The van der Waals surface area contributed by atoms with Crippen LogP contribution in [-0.4, -0.2) is 28.9 Å². The zero-order valence-electron chi connectivity index (χ0n) is 15.6. The molecule has 0 saturated heterocycles. The second kappa shape index (κ2) is 8.74. The summed E-state index contributed by atoms with van der Waals surface area (Å²) >= 11 is 5.96. The lowest BCUT2D eigenvalue weighted by Crippen LogP contribution is -2.31. The van der Waals surface area contributed by atoms with Crippen LogP contribution in [0.5, 0.6) is 11.6 Å². The van der Waals surface area contributed by atoms with Gasteiger partial charge in [-0.1, -0.05) is 11.6 Å². The van der Waals surface area contributed by atoms with Gasteiger partial charge in [0.1, 0.15) is 11.6 Å². The Morgan fingerprint density at radius 2 is 1.90 bits per heavy atom. The first-order valence-corrected chi connectivity index (χ1v) is 8.92. The van der Waals surface area contributed by atoms with Crippen molar-refractivity contribution in [1.82, 2.24) is 9.78 Å². The maximum absolute atomic E-state index is 13.1. The average molecular weight is 418 g/mol. The Labute approximate surface area is 170 Å². The van der Waals surface area contributed by atoms with E-state index >= 15 is 0 Å². The lowest BCUT2D eigenvalue weighted by atomic mass is 10.2. The van der Waals surface area contributed by atoms with Crippen LogP contribution in [0.4, 0.5) is 10.1 Å². The Bertz CT molecular complexity index is 1090. The van der Waals surface area contributed by atoms with Crippen LogP contribution < -0.4 is 20.3 Å². The van der Waals surface area contributed by atoms with Crippen molar-refractivity contribution >= 4 is 23.2 Å². The molecule has 1 aromatic heterocycles. The highest BCUT2D eigenvalue weighted by Gasteiger charge is 2.18. The fraction of sp³-hybridized carbons (Fsp3) is 0.150. The molecule has 0 bridgehead atoms. The summed E-state index contributed by atoms with van der Waals surface area (Å²) in [6.07, 6.45) is -0.939. The third-order valence-corrected chi connectivity index (χ3v) is 4.17. The predicted octanol–water partition coefficient (Wildman–Crippen LogP) is 3.44. The van der Waals surface area contributed by atoms with Gasteiger partial charge in [-0.3, -0.25) is 9.59 Å². The summed E-state index contributed by atoms with van der Waals surface area (Å²) < 4.78 is 24.9. The molecule has 29 heavy (non-hydrogen) atoms. The van der Waals surface area contributed by atoms with E-state index in [1.807, 2.05) is 0 Å². The summed E-state index contributed by atoms with van der Waals surface area (Å²) in [7, 11) is 1.47. The largest absolute Gasteiger partial charge is 0.495 e. The van der Waals surface area contributed by atoms with Gasteiger partial charge in [0.05, 0.1) is 18.5 Å². The lowest BCUT2D eigenvalue weighted by Gasteiger charge is -2.16. The van der Waals surface area contributed by atoms with E-state index in [4.69, 9.17) is 21.1 Å². The molecule has 3 rings (SSSR count). The standard InChI is InChI=1S/C20H17ClFN3O4/c1-12(20(27)23-16-11-13(21)3-8-17(16)28-2)29-18-9-10-19(26)25(24-18)15-6-4-14(22)5-7-15/h3-12H,1-2H3,(H,23,27)/t12-/m1/s1. The van der Waals surface area contributed by atoms with Crippen LogP contribution in [0.2, 0.25) is 5.02 Å². The van der Waals surface area contributed by atoms with E-state index in [-0.39, 0.29) is 5.88 Å². The number of methoxy groups -OCH3 is 1. The number of benzene rings is 2. The molecule has 1 N–H and O–H groups in total. The summed E-state index contributed by atoms with van der Waals surface area (Å²) in [6.45, 7) is 1.53. The van der Waals surface area contributed by atoms with Crippen LogP contribution >= 0.6 is 11.6 Å². The number of ether oxygens (including phenoxy) is 2. The maximum Gasteiger partial charge on any atom is 0.271 e. The van der Waals surface area contributed by atoms with Crippen molar-refractivity contribution in [1.29, 1.82) is 0 Å². The van der Waals surface area contributed by atoms with Crippen LogP contribution in [-0.2, 0) is 4.79 Å². The Hall–Kier alpha value is -3.39. The number of amides is 1. The van der Waals surface area contributed by atoms with Crippen molar-refractivity contribution in [3.8, 4) is 17.3 Å². The summed E-state index contributed by atoms with van der Waals surface area (Å²) in [4.78, 5) is 24.5. The Balaban J connectivity index is 1.77. The molecule has 0 unspecified atom stereocenters. The van der Waals surface area contributed by atoms with E-state index in [1.165, 1.54) is 50.4 Å². The molecule has 0 saturated carbocycles. The molecule has 0 spiro atoms. The third kappa shape index (κ3) is 4.91. The minimum Gasteiger partial charge on any atom is -0.495 e. The molecule has 150 valence electrons. The number of nitrogens with one attached hydrogen (secondary N) is 1. The first-order valence-electron chi connectivity index (χ1n) is 8.55. The number of rotatable bonds is 6. The topological polar surface area (TPSA) is 82.5 Å². The third-order valence-electron chi connectivity index (χ3n) is 3.93. The van der Waals surface area contributed by atoms with Gasteiger partial charge in [0.25, 0.3) is 11.5 Å². The molecule has 0 aliphatic rings. The van der Waals surface area contributed by atoms with E-state index in [2.05, 4.69) is 10.4 Å². The second-order valence-electron chi connectivity index (χ2n) is 5.99. The molecule has 0 aliphatic carbocycles. The fourth-order valence-electron chi connectivity index (χ4n) is 2.47. The molecular weight excluding hydrogens is 401 g/mol. The van der Waals surface area contributed by atoms with Gasteiger partial charge < -0.3 is 14.8 Å². The molecule has 1 heterocycles. The molecule has 7 nitrogen and oxygen atoms in total. The molecule has 1 amide bonds. The monoisotopic (exact) mass is 417 g/mol. The van der Waals surface area contributed by atoms with Gasteiger partial charge in [-0.05, 0) is 49.4 Å². The van der Waals surface area contributed by atoms with Crippen molar-refractivity contribution in [2.75, 3.05) is 12.4 Å². The van der Waals surface area contributed by atoms with Gasteiger partial charge in [0, 0.05) is 17.2 Å². The highest BCUT2D eigenvalue weighted by molar-refractivity contribution is 6.31. The van der Waals surface area contributed by atoms with Gasteiger partial charge in [0.2, 0.25) is 5.88 Å². The number of carbonyl (C=O) groups is 1. The molecular formula is C20H17ClFN3O4. The number of halogens is 2. The normalized spacial score (nSPS) is 11.6. The van der Waals surface area contributed by atoms with Gasteiger partial charge in [-0.25, -0.2) is 4.39 Å². The number of hydrogen-bond acceptors (Lipinski definition) is 5. The summed E-state index contributed by atoms with van der Waals surface area (Å²) in [5.41, 5.74) is 0.331. The van der Waals surface area contributed by atoms with Gasteiger partial charge in [-0.15, -0.1) is 5.10 Å². The quantitative estimate of drug-likeness (QED) is 0.664. The van der Waals surface area contributed by atoms with Gasteiger partial charge >= 0.3 is 0 Å². The summed E-state index contributed by atoms with van der Waals surface area (Å²) in [6, 6.07) is 12.7. The Morgan fingerprint density at radius 3 is 2.59 bits per heavy atom. The van der Waals surface area contributed by atoms with Gasteiger partial charge in [0.15, 0.2) is 6.10 Å². The van der Waals surface area contributed by atoms with Crippen LogP contribution in [0.25, 0.3) is 5.69 Å². The van der Waals surface area contributed by atoms with Gasteiger partial charge in [-0.2, -0.15) is 4.68 Å². The molecule has 0 radical (unpaired) electrons. The predicted molar refractivity (Wildman–Crippen MR) is 107 cm³/mol. The molecule has 2 aromatic carbocycles. The van der Waals surface area contributed by atoms with Crippen LogP contribution in [0.1, 0.15) is 6.92 Å². The summed E-state index contributed by atoms with van der Waals surface area (Å²) in [5, 5.41) is 7.19. The van der Waals surface area contributed by atoms with Crippen molar-refractivity contribution in [2.45, 2.75) is 13.0 Å². The molecule has 3 aromatic rings. The van der Waals surface area contributed by atoms with Crippen LogP contribution in [0, 0.1) is 5.82 Å². The van der Waals surface area contributed by atoms with E-state index < -0.39 is 23.4 Å². The van der Waals surface area contributed by atoms with Crippen molar-refractivity contribution in [2.24, 2.45) is 0 Å². The van der Waals surface area contributed by atoms with E-state index in [0.29, 0.717) is 22.1 Å². The minimum atomic E-state index is -0.939. The number of aromatic nitrogens is 2. The Morgan fingerprint density at radius 1 is 1.17 bits per heavy atom. The van der Waals surface area contributed by atoms with Crippen molar-refractivity contribution in [3.05, 3.63) is 75.8 Å². The SMILES string of the molecule is COc1ccc(Cl)cc1NC(=O)[C@@H](C)Oc1ccc(=O)n(-c2ccc(F)cc2)n1. The van der Waals surface area contributed by atoms with Crippen LogP contribution in [0.15, 0.2) is 59.4 Å². The second-order valence-corrected chi connectivity index (χ2v) is 6.43. The molecule has 0 aliphatic heterocycles. The minimum absolute atomic E-state index is 0.0506. The first-order chi connectivity index (χ1) is 13.9. The number of carbonyl (C=O) groups excluding carboxylic acids is 1. The van der Waals surface area contributed by atoms with E-state index in [1.54, 1.807) is 18.2 Å². The number of nitrogens with zero attached hydrogens (tertiary/aromatic N) is 2. The fourth-order valence-corrected chi connectivity index (χ4v) is 2.64. The highest BCUT2D eigenvalue weighted by Crippen LogP contribution is 2.27. The van der Waals surface area contributed by atoms with E-state index in [9.17, 15) is 14.0 Å². The smallest absolute Gasteiger partial charge is 0.271 e.